The summed E-state index contributed by atoms with van der Waals surface area (Å²) in [7, 11) is 1.44. The molecule has 1 aliphatic rings. The number of unbranched alkanes of at least 4 members (excludes halogenated alkanes) is 2. The fraction of sp³-hybridized carbons (Fsp3) is 0.423. The van der Waals surface area contributed by atoms with E-state index in [4.69, 9.17) is 0 Å². The van der Waals surface area contributed by atoms with Crippen LogP contribution in [0.25, 0.3) is 0 Å². The zero-order valence-corrected chi connectivity index (χ0v) is 18.6. The lowest BCUT2D eigenvalue weighted by Crippen LogP contribution is -2.49. The first kappa shape index (κ1) is 22.9. The molecule has 0 aliphatic carbocycles. The summed E-state index contributed by atoms with van der Waals surface area (Å²) >= 11 is 0. The Morgan fingerprint density at radius 3 is 2.06 bits per heavy atom. The minimum atomic E-state index is -0.125. The largest absolute Gasteiger partial charge is 0.469 e. The lowest BCUT2D eigenvalue weighted by Gasteiger charge is -2.41. The van der Waals surface area contributed by atoms with Gasteiger partial charge in [-0.25, -0.2) is 0 Å². The van der Waals surface area contributed by atoms with Crippen molar-refractivity contribution in [2.45, 2.75) is 31.7 Å². The first-order chi connectivity index (χ1) is 15.2. The second-order valence-electron chi connectivity index (χ2n) is 8.01. The molecule has 1 aliphatic heterocycles. The molecule has 1 N–H and O–H groups in total. The number of ether oxygens (including phenoxy) is 1. The molecule has 1 heterocycles. The topological polar surface area (TPSA) is 44.8 Å². The molecule has 2 aromatic rings. The summed E-state index contributed by atoms with van der Waals surface area (Å²) in [4.78, 5) is 16.1. The monoisotopic (exact) mass is 421 g/mol. The average Bonchev–Trinajstić information content (AvgIpc) is 2.83. The highest BCUT2D eigenvalue weighted by atomic mass is 16.5. The van der Waals surface area contributed by atoms with Crippen molar-refractivity contribution < 1.29 is 9.53 Å². The van der Waals surface area contributed by atoms with E-state index in [0.717, 1.165) is 57.8 Å². The molecule has 0 atom stereocenters. The Morgan fingerprint density at radius 1 is 0.935 bits per heavy atom. The molecule has 5 nitrogen and oxygen atoms in total. The van der Waals surface area contributed by atoms with Crippen LogP contribution in [-0.2, 0) is 9.53 Å². The van der Waals surface area contributed by atoms with Crippen LogP contribution in [0, 0.1) is 0 Å². The number of benzene rings is 2. The van der Waals surface area contributed by atoms with Gasteiger partial charge in [0.2, 0.25) is 0 Å². The van der Waals surface area contributed by atoms with Crippen molar-refractivity contribution in [3.63, 3.8) is 0 Å². The molecule has 1 fully saturated rings. The van der Waals surface area contributed by atoms with Gasteiger partial charge in [0.05, 0.1) is 19.0 Å². The van der Waals surface area contributed by atoms with Gasteiger partial charge < -0.3 is 15.0 Å². The van der Waals surface area contributed by atoms with Gasteiger partial charge in [-0.05, 0) is 24.0 Å². The predicted molar refractivity (Wildman–Crippen MR) is 125 cm³/mol. The fourth-order valence-corrected chi connectivity index (χ4v) is 4.15. The van der Waals surface area contributed by atoms with E-state index in [-0.39, 0.29) is 12.0 Å². The molecular weight excluding hydrogens is 386 g/mol. The van der Waals surface area contributed by atoms with Crippen LogP contribution in [-0.4, -0.2) is 55.6 Å². The minimum absolute atomic E-state index is 0.125. The lowest BCUT2D eigenvalue weighted by atomic mass is 9.96. The predicted octanol–water partition coefficient (Wildman–Crippen LogP) is 4.19. The van der Waals surface area contributed by atoms with Gasteiger partial charge in [-0.3, -0.25) is 9.69 Å². The van der Waals surface area contributed by atoms with Gasteiger partial charge in [-0.15, -0.1) is 0 Å². The maximum atomic E-state index is 11.2. The number of piperazine rings is 1. The molecule has 0 saturated carbocycles. The summed E-state index contributed by atoms with van der Waals surface area (Å²) < 4.78 is 4.68. The third kappa shape index (κ3) is 6.86. The Balaban J connectivity index is 1.47. The summed E-state index contributed by atoms with van der Waals surface area (Å²) in [6.45, 7) is 9.05. The zero-order valence-electron chi connectivity index (χ0n) is 18.6. The van der Waals surface area contributed by atoms with E-state index in [0.29, 0.717) is 6.42 Å². The molecule has 1 saturated heterocycles. The van der Waals surface area contributed by atoms with E-state index in [2.05, 4.69) is 87.1 Å². The highest BCUT2D eigenvalue weighted by Gasteiger charge is 2.26. The number of carbonyl (C=O) groups excluding carboxylic acids is 1. The number of methoxy groups -OCH3 is 1. The number of hydrogen-bond acceptors (Lipinski definition) is 5. The molecule has 2 aromatic carbocycles. The number of esters is 1. The molecule has 0 unspecified atom stereocenters. The van der Waals surface area contributed by atoms with Crippen LogP contribution in [0.4, 0.5) is 0 Å². The van der Waals surface area contributed by atoms with E-state index >= 15 is 0 Å². The highest BCUT2D eigenvalue weighted by molar-refractivity contribution is 5.68. The number of hydrogen-bond donors (Lipinski definition) is 1. The lowest BCUT2D eigenvalue weighted by molar-refractivity contribution is -0.140. The van der Waals surface area contributed by atoms with Crippen molar-refractivity contribution in [1.29, 1.82) is 0 Å². The summed E-state index contributed by atoms with van der Waals surface area (Å²) in [5, 5.41) is 3.46. The molecule has 0 amide bonds. The van der Waals surface area contributed by atoms with Gasteiger partial charge in [-0.1, -0.05) is 73.7 Å². The Bertz CT molecular complexity index is 762. The Hall–Kier alpha value is -2.79. The van der Waals surface area contributed by atoms with Gasteiger partial charge in [0.25, 0.3) is 0 Å². The number of nitrogens with one attached hydrogen (secondary N) is 1. The zero-order chi connectivity index (χ0) is 21.9. The van der Waals surface area contributed by atoms with E-state index in [1.807, 2.05) is 0 Å². The van der Waals surface area contributed by atoms with Crippen LogP contribution in [0.3, 0.4) is 0 Å². The SMILES string of the molecule is C=C(NCCCCCC(=O)OC)N1CCN(C(c2ccccc2)c2ccccc2)CC1. The quantitative estimate of drug-likeness (QED) is 0.435. The van der Waals surface area contributed by atoms with E-state index < -0.39 is 0 Å². The fourth-order valence-electron chi connectivity index (χ4n) is 4.15. The molecule has 0 bridgehead atoms. The third-order valence-corrected chi connectivity index (χ3v) is 5.91. The van der Waals surface area contributed by atoms with Gasteiger partial charge in [0.1, 0.15) is 0 Å². The van der Waals surface area contributed by atoms with Gasteiger partial charge in [0, 0.05) is 39.1 Å². The number of carbonyl (C=O) groups is 1. The van der Waals surface area contributed by atoms with Crippen molar-refractivity contribution >= 4 is 5.97 Å². The second kappa shape index (κ2) is 12.2. The molecule has 0 aromatic heterocycles. The smallest absolute Gasteiger partial charge is 0.305 e. The van der Waals surface area contributed by atoms with Crippen molar-refractivity contribution in [2.75, 3.05) is 39.8 Å². The molecule has 3 rings (SSSR count). The Morgan fingerprint density at radius 2 is 1.52 bits per heavy atom. The molecule has 31 heavy (non-hydrogen) atoms. The standard InChI is InChI=1S/C26H35N3O2/c1-22(27-17-11-5-10-16-25(30)31-2)28-18-20-29(21-19-28)26(23-12-6-3-7-13-23)24-14-8-4-9-15-24/h3-4,6-9,12-15,26-27H,1,5,10-11,16-21H2,2H3. The van der Waals surface area contributed by atoms with Crippen LogP contribution in [0.2, 0.25) is 0 Å². The first-order valence-electron chi connectivity index (χ1n) is 11.3. The van der Waals surface area contributed by atoms with Gasteiger partial charge >= 0.3 is 5.97 Å². The van der Waals surface area contributed by atoms with Crippen LogP contribution in [0.1, 0.15) is 42.9 Å². The summed E-state index contributed by atoms with van der Waals surface area (Å²) in [6, 6.07) is 21.8. The Kier molecular flexibility index (Phi) is 8.98. The third-order valence-electron chi connectivity index (χ3n) is 5.91. The maximum Gasteiger partial charge on any atom is 0.305 e. The van der Waals surface area contributed by atoms with Crippen LogP contribution >= 0.6 is 0 Å². The van der Waals surface area contributed by atoms with Crippen molar-refractivity contribution in [3.8, 4) is 0 Å². The Labute approximate surface area is 186 Å². The van der Waals surface area contributed by atoms with Crippen LogP contribution in [0.15, 0.2) is 73.1 Å². The van der Waals surface area contributed by atoms with Crippen LogP contribution in [0.5, 0.6) is 0 Å². The summed E-state index contributed by atoms with van der Waals surface area (Å²) in [5.41, 5.74) is 2.68. The van der Waals surface area contributed by atoms with Gasteiger partial charge in [-0.2, -0.15) is 0 Å². The second-order valence-corrected chi connectivity index (χ2v) is 8.01. The van der Waals surface area contributed by atoms with Crippen molar-refractivity contribution in [2.24, 2.45) is 0 Å². The first-order valence-corrected chi connectivity index (χ1v) is 11.3. The summed E-state index contributed by atoms with van der Waals surface area (Å²) in [5.74, 6) is 0.878. The molecule has 0 radical (unpaired) electrons. The van der Waals surface area contributed by atoms with E-state index in [1.165, 1.54) is 18.2 Å². The normalized spacial score (nSPS) is 14.5. The highest BCUT2D eigenvalue weighted by Crippen LogP contribution is 2.29. The molecule has 166 valence electrons. The molecule has 0 spiro atoms. The summed E-state index contributed by atoms with van der Waals surface area (Å²) in [6.07, 6.45) is 3.42. The van der Waals surface area contributed by atoms with Gasteiger partial charge in [0.15, 0.2) is 0 Å². The van der Waals surface area contributed by atoms with Crippen LogP contribution < -0.4 is 5.32 Å². The molecule has 5 heteroatoms. The van der Waals surface area contributed by atoms with E-state index in [1.54, 1.807) is 0 Å². The average molecular weight is 422 g/mol. The van der Waals surface area contributed by atoms with Crippen molar-refractivity contribution in [3.05, 3.63) is 84.2 Å². The maximum absolute atomic E-state index is 11.2. The number of nitrogens with zero attached hydrogens (tertiary/aromatic N) is 2. The molecular formula is C26H35N3O2. The van der Waals surface area contributed by atoms with E-state index in [9.17, 15) is 4.79 Å². The minimum Gasteiger partial charge on any atom is -0.469 e. The number of rotatable bonds is 11. The van der Waals surface area contributed by atoms with Crippen molar-refractivity contribution in [1.82, 2.24) is 15.1 Å².